The summed E-state index contributed by atoms with van der Waals surface area (Å²) in [7, 11) is -4.16. The first-order valence-corrected chi connectivity index (χ1v) is 16.0. The Balaban J connectivity index is 1.73. The van der Waals surface area contributed by atoms with E-state index in [0.717, 1.165) is 35.6 Å². The molecule has 1 N–H and O–H groups in total. The number of sulfonamides is 1. The zero-order chi connectivity index (χ0) is 29.6. The number of rotatable bonds is 11. The number of amides is 2. The van der Waals surface area contributed by atoms with E-state index < -0.39 is 28.5 Å². The first-order valence-electron chi connectivity index (χ1n) is 13.8. The number of benzene rings is 3. The maximum Gasteiger partial charge on any atom is 0.264 e. The molecule has 1 atom stereocenters. The van der Waals surface area contributed by atoms with E-state index in [1.54, 1.807) is 48.5 Å². The predicted octanol–water partition coefficient (Wildman–Crippen LogP) is 6.36. The molecular weight excluding hydrogens is 581 g/mol. The second kappa shape index (κ2) is 13.7. The van der Waals surface area contributed by atoms with Crippen LogP contribution in [0.15, 0.2) is 77.7 Å². The summed E-state index contributed by atoms with van der Waals surface area (Å²) >= 11 is 12.9. The number of nitrogens with zero attached hydrogens (tertiary/aromatic N) is 2. The maximum absolute atomic E-state index is 14.2. The molecule has 0 heterocycles. The van der Waals surface area contributed by atoms with Gasteiger partial charge in [0.05, 0.1) is 10.6 Å². The minimum atomic E-state index is -4.16. The third-order valence-electron chi connectivity index (χ3n) is 7.44. The highest BCUT2D eigenvalue weighted by Gasteiger charge is 2.35. The summed E-state index contributed by atoms with van der Waals surface area (Å²) in [6.07, 6.45) is 4.25. The Bertz CT molecular complexity index is 1480. The van der Waals surface area contributed by atoms with Crippen molar-refractivity contribution < 1.29 is 18.0 Å². The van der Waals surface area contributed by atoms with Crippen LogP contribution in [0.3, 0.4) is 0 Å². The number of carbonyl (C=O) groups excluding carboxylic acids is 2. The molecule has 0 saturated heterocycles. The predicted molar refractivity (Wildman–Crippen MR) is 164 cm³/mol. The Morgan fingerprint density at radius 3 is 2.24 bits per heavy atom. The van der Waals surface area contributed by atoms with Crippen LogP contribution in [0.4, 0.5) is 5.69 Å². The first kappa shape index (κ1) is 30.9. The molecule has 0 aliphatic heterocycles. The molecular formula is C31H35Cl2N3O4S. The fraction of sp³-hybridized carbons (Fsp3) is 0.355. The van der Waals surface area contributed by atoms with E-state index in [-0.39, 0.29) is 29.1 Å². The van der Waals surface area contributed by atoms with Crippen LogP contribution in [0.5, 0.6) is 0 Å². The van der Waals surface area contributed by atoms with Gasteiger partial charge in [-0.05, 0) is 67.6 Å². The van der Waals surface area contributed by atoms with Crippen LogP contribution in [-0.4, -0.2) is 43.8 Å². The van der Waals surface area contributed by atoms with Gasteiger partial charge in [0.1, 0.15) is 12.6 Å². The van der Waals surface area contributed by atoms with Crippen molar-refractivity contribution in [2.75, 3.05) is 10.8 Å². The summed E-state index contributed by atoms with van der Waals surface area (Å²) in [5, 5.41) is 3.93. The number of carbonyl (C=O) groups is 2. The standard InChI is InChI=1S/C31H35Cl2N3O4S/c1-3-29(31(38)34-24-12-8-9-13-24)35(20-23-11-7-10-16-27(23)32)30(37)21-36(25-18-17-22(2)28(33)19-25)41(39,40)26-14-5-4-6-15-26/h4-7,10-11,14-19,24,29H,3,8-9,12-13,20-21H2,1-2H3,(H,34,38)/t29-/m1/s1. The first-order chi connectivity index (χ1) is 19.6. The van der Waals surface area contributed by atoms with E-state index in [1.165, 1.54) is 23.1 Å². The number of aryl methyl sites for hydroxylation is 1. The minimum absolute atomic E-state index is 0.0353. The average molecular weight is 617 g/mol. The molecule has 0 unspecified atom stereocenters. The summed E-state index contributed by atoms with van der Waals surface area (Å²) in [5.74, 6) is -0.787. The van der Waals surface area contributed by atoms with Crippen LogP contribution < -0.4 is 9.62 Å². The lowest BCUT2D eigenvalue weighted by Crippen LogP contribution is -2.53. The molecule has 3 aromatic carbocycles. The van der Waals surface area contributed by atoms with E-state index in [1.807, 2.05) is 19.9 Å². The van der Waals surface area contributed by atoms with Crippen molar-refractivity contribution in [3.63, 3.8) is 0 Å². The van der Waals surface area contributed by atoms with Gasteiger partial charge >= 0.3 is 0 Å². The third kappa shape index (κ3) is 7.42. The Morgan fingerprint density at radius 2 is 1.61 bits per heavy atom. The third-order valence-corrected chi connectivity index (χ3v) is 10.0. The molecule has 41 heavy (non-hydrogen) atoms. The molecule has 0 bridgehead atoms. The lowest BCUT2D eigenvalue weighted by Gasteiger charge is -2.34. The molecule has 1 aliphatic rings. The lowest BCUT2D eigenvalue weighted by atomic mass is 10.1. The van der Waals surface area contributed by atoms with Gasteiger partial charge in [-0.25, -0.2) is 8.42 Å². The van der Waals surface area contributed by atoms with E-state index in [0.29, 0.717) is 22.0 Å². The average Bonchev–Trinajstić information content (AvgIpc) is 3.47. The Morgan fingerprint density at radius 1 is 0.951 bits per heavy atom. The SMILES string of the molecule is CC[C@H](C(=O)NC1CCCC1)N(Cc1ccccc1Cl)C(=O)CN(c1ccc(C)c(Cl)c1)S(=O)(=O)c1ccccc1. The normalized spacial score (nSPS) is 14.4. The Labute approximate surface area is 252 Å². The van der Waals surface area contributed by atoms with Gasteiger partial charge in [-0.1, -0.05) is 85.4 Å². The second-order valence-corrected chi connectivity index (χ2v) is 13.0. The summed E-state index contributed by atoms with van der Waals surface area (Å²) in [4.78, 5) is 29.2. The van der Waals surface area contributed by atoms with Gasteiger partial charge in [-0.3, -0.25) is 13.9 Å². The van der Waals surface area contributed by atoms with Crippen molar-refractivity contribution in [1.82, 2.24) is 10.2 Å². The highest BCUT2D eigenvalue weighted by Crippen LogP contribution is 2.29. The molecule has 4 rings (SSSR count). The molecule has 0 spiro atoms. The van der Waals surface area contributed by atoms with Gasteiger partial charge in [0.2, 0.25) is 11.8 Å². The van der Waals surface area contributed by atoms with Crippen molar-refractivity contribution in [2.24, 2.45) is 0 Å². The van der Waals surface area contributed by atoms with Crippen LogP contribution >= 0.6 is 23.2 Å². The molecule has 218 valence electrons. The van der Waals surface area contributed by atoms with Crippen molar-refractivity contribution >= 4 is 50.7 Å². The molecule has 3 aromatic rings. The number of anilines is 1. The summed E-state index contributed by atoms with van der Waals surface area (Å²) < 4.78 is 28.9. The van der Waals surface area contributed by atoms with Gasteiger partial charge in [-0.15, -0.1) is 0 Å². The van der Waals surface area contributed by atoms with Crippen LogP contribution in [-0.2, 0) is 26.2 Å². The van der Waals surface area contributed by atoms with Crippen LogP contribution in [0.2, 0.25) is 10.0 Å². The number of hydrogen-bond donors (Lipinski definition) is 1. The molecule has 1 aliphatic carbocycles. The fourth-order valence-corrected chi connectivity index (χ4v) is 6.88. The quantitative estimate of drug-likeness (QED) is 0.272. The molecule has 0 aromatic heterocycles. The van der Waals surface area contributed by atoms with Crippen LogP contribution in [0, 0.1) is 6.92 Å². The number of halogens is 2. The highest BCUT2D eigenvalue weighted by atomic mass is 35.5. The zero-order valence-corrected chi connectivity index (χ0v) is 25.6. The Hall–Kier alpha value is -3.07. The van der Waals surface area contributed by atoms with Crippen LogP contribution in [0.1, 0.15) is 50.2 Å². The Kier molecular flexibility index (Phi) is 10.3. The monoisotopic (exact) mass is 615 g/mol. The van der Waals surface area contributed by atoms with Crippen molar-refractivity contribution in [3.05, 3.63) is 94.0 Å². The van der Waals surface area contributed by atoms with Crippen molar-refractivity contribution in [3.8, 4) is 0 Å². The minimum Gasteiger partial charge on any atom is -0.352 e. The van der Waals surface area contributed by atoms with Crippen molar-refractivity contribution in [2.45, 2.75) is 69.5 Å². The lowest BCUT2D eigenvalue weighted by molar-refractivity contribution is -0.140. The van der Waals surface area contributed by atoms with E-state index in [9.17, 15) is 18.0 Å². The summed E-state index contributed by atoms with van der Waals surface area (Å²) in [5.41, 5.74) is 1.68. The molecule has 2 amide bonds. The van der Waals surface area contributed by atoms with Gasteiger partial charge in [-0.2, -0.15) is 0 Å². The van der Waals surface area contributed by atoms with Crippen molar-refractivity contribution in [1.29, 1.82) is 0 Å². The van der Waals surface area contributed by atoms with Gasteiger partial charge in [0, 0.05) is 22.6 Å². The molecule has 0 radical (unpaired) electrons. The van der Waals surface area contributed by atoms with E-state index in [2.05, 4.69) is 5.32 Å². The van der Waals surface area contributed by atoms with Gasteiger partial charge in [0.15, 0.2) is 0 Å². The van der Waals surface area contributed by atoms with E-state index in [4.69, 9.17) is 23.2 Å². The smallest absolute Gasteiger partial charge is 0.264 e. The maximum atomic E-state index is 14.2. The van der Waals surface area contributed by atoms with E-state index >= 15 is 0 Å². The highest BCUT2D eigenvalue weighted by molar-refractivity contribution is 7.92. The number of hydrogen-bond acceptors (Lipinski definition) is 4. The zero-order valence-electron chi connectivity index (χ0n) is 23.2. The molecule has 10 heteroatoms. The molecule has 7 nitrogen and oxygen atoms in total. The number of nitrogens with one attached hydrogen (secondary N) is 1. The summed E-state index contributed by atoms with van der Waals surface area (Å²) in [6.45, 7) is 3.16. The molecule has 1 fully saturated rings. The van der Waals surface area contributed by atoms with Gasteiger partial charge in [0.25, 0.3) is 10.0 Å². The fourth-order valence-electron chi connectivity index (χ4n) is 5.08. The summed E-state index contributed by atoms with van der Waals surface area (Å²) in [6, 6.07) is 19.2. The van der Waals surface area contributed by atoms with Crippen LogP contribution in [0.25, 0.3) is 0 Å². The second-order valence-electron chi connectivity index (χ2n) is 10.3. The topological polar surface area (TPSA) is 86.8 Å². The molecule has 1 saturated carbocycles. The largest absolute Gasteiger partial charge is 0.352 e. The van der Waals surface area contributed by atoms with Gasteiger partial charge < -0.3 is 10.2 Å².